The molecular weight excluding hydrogens is 548 g/mol. The molecule has 0 saturated carbocycles. The van der Waals surface area contributed by atoms with E-state index in [1.54, 1.807) is 0 Å². The van der Waals surface area contributed by atoms with E-state index in [9.17, 15) is 4.79 Å². The van der Waals surface area contributed by atoms with Crippen molar-refractivity contribution in [2.24, 2.45) is 5.41 Å². The number of carbonyl (C=O) groups excluding carboxylic acids is 1. The molecule has 0 N–H and O–H groups in total. The molecule has 0 aromatic carbocycles. The molecule has 2 nitrogen and oxygen atoms in total. The van der Waals surface area contributed by atoms with Gasteiger partial charge >= 0.3 is 70.8 Å². The van der Waals surface area contributed by atoms with Crippen molar-refractivity contribution in [2.75, 3.05) is 7.11 Å². The van der Waals surface area contributed by atoms with Gasteiger partial charge in [-0.2, -0.15) is 0 Å². The molecule has 0 aliphatic carbocycles. The molecular formula is C7H14I3O2V. The number of halogens is 3. The van der Waals surface area contributed by atoms with Gasteiger partial charge in [0, 0.05) is 0 Å². The Hall–Kier alpha value is 2.24. The van der Waals surface area contributed by atoms with E-state index >= 15 is 0 Å². The van der Waals surface area contributed by atoms with Crippen LogP contribution in [-0.2, 0) is 14.5 Å². The first-order valence-electron chi connectivity index (χ1n) is 3.63. The second kappa shape index (κ2) is 9.47. The molecule has 0 radical (unpaired) electrons. The van der Waals surface area contributed by atoms with Crippen LogP contribution in [0.3, 0.4) is 0 Å². The van der Waals surface area contributed by atoms with Crippen LogP contribution in [0.1, 0.15) is 27.2 Å². The summed E-state index contributed by atoms with van der Waals surface area (Å²) in [6, 6.07) is 0. The summed E-state index contributed by atoms with van der Waals surface area (Å²) in [5.74, 6) is -0.134. The van der Waals surface area contributed by atoms with E-state index in [1.165, 1.54) is 7.11 Å². The third-order valence-electron chi connectivity index (χ3n) is 1.62. The Morgan fingerprint density at radius 1 is 1.38 bits per heavy atom. The van der Waals surface area contributed by atoms with Crippen molar-refractivity contribution in [3.63, 3.8) is 0 Å². The molecule has 0 fully saturated rings. The van der Waals surface area contributed by atoms with E-state index in [1.807, 2.05) is 20.8 Å². The minimum atomic E-state index is -0.311. The van der Waals surface area contributed by atoms with Crippen molar-refractivity contribution in [2.45, 2.75) is 27.2 Å². The first-order valence-corrected chi connectivity index (χ1v) is 17.2. The van der Waals surface area contributed by atoms with Gasteiger partial charge < -0.3 is 4.74 Å². The SMILES string of the molecule is CCC(C)(C)C(=O)OC.[I][V]([I])[I]. The van der Waals surface area contributed by atoms with Gasteiger partial charge in [-0.3, -0.25) is 4.79 Å². The van der Waals surface area contributed by atoms with Crippen LogP contribution in [0.2, 0.25) is 0 Å². The van der Waals surface area contributed by atoms with Gasteiger partial charge in [0.25, 0.3) is 0 Å². The number of rotatable bonds is 2. The molecule has 80 valence electrons. The summed E-state index contributed by atoms with van der Waals surface area (Å²) in [7, 11) is 1.42. The Bertz CT molecular complexity index is 148. The van der Waals surface area contributed by atoms with Crippen molar-refractivity contribution in [3.05, 3.63) is 0 Å². The number of methoxy groups -OCH3 is 1. The molecule has 0 aliphatic heterocycles. The summed E-state index contributed by atoms with van der Waals surface area (Å²) in [5, 5.41) is 0. The number of ether oxygens (including phenoxy) is 1. The van der Waals surface area contributed by atoms with Crippen LogP contribution in [0.25, 0.3) is 0 Å². The molecule has 0 bridgehead atoms. The third kappa shape index (κ3) is 12.2. The Labute approximate surface area is 118 Å². The normalized spacial score (nSPS) is 10.5. The Morgan fingerprint density at radius 3 is 1.77 bits per heavy atom. The van der Waals surface area contributed by atoms with Crippen LogP contribution < -0.4 is 0 Å². The van der Waals surface area contributed by atoms with Crippen LogP contribution in [0.4, 0.5) is 0 Å². The molecule has 0 aromatic heterocycles. The van der Waals surface area contributed by atoms with Crippen LogP contribution >= 0.6 is 59.9 Å². The third-order valence-corrected chi connectivity index (χ3v) is 1.62. The van der Waals surface area contributed by atoms with E-state index in [-0.39, 0.29) is 16.3 Å². The zero-order valence-corrected chi connectivity index (χ0v) is 16.0. The summed E-state index contributed by atoms with van der Waals surface area (Å²) < 4.78 is 4.57. The van der Waals surface area contributed by atoms with Gasteiger partial charge in [0.15, 0.2) is 0 Å². The zero-order valence-electron chi connectivity index (χ0n) is 8.10. The summed E-state index contributed by atoms with van der Waals surface area (Å²) in [6.07, 6.45) is 0.819. The summed E-state index contributed by atoms with van der Waals surface area (Å²) in [4.78, 5) is 10.6. The van der Waals surface area contributed by atoms with Gasteiger partial charge in [0.05, 0.1) is 12.5 Å². The Kier molecular flexibility index (Phi) is 12.8. The Balaban J connectivity index is 0. The van der Waals surface area contributed by atoms with E-state index in [4.69, 9.17) is 0 Å². The van der Waals surface area contributed by atoms with E-state index in [0.717, 1.165) is 6.42 Å². The molecule has 0 rings (SSSR count). The molecule has 0 amide bonds. The fraction of sp³-hybridized carbons (Fsp3) is 0.857. The fourth-order valence-corrected chi connectivity index (χ4v) is 0.421. The van der Waals surface area contributed by atoms with Crippen molar-refractivity contribution < 1.29 is 14.5 Å². The number of carbonyl (C=O) groups is 1. The maximum atomic E-state index is 10.8. The average molecular weight is 562 g/mol. The van der Waals surface area contributed by atoms with E-state index < -0.39 is 0 Å². The van der Waals surface area contributed by atoms with E-state index in [0.29, 0.717) is 0 Å². The quantitative estimate of drug-likeness (QED) is 0.372. The number of hydrogen-bond donors (Lipinski definition) is 0. The second-order valence-corrected chi connectivity index (χ2v) is 38.3. The van der Waals surface area contributed by atoms with Crippen LogP contribution in [0.15, 0.2) is 0 Å². The van der Waals surface area contributed by atoms with Gasteiger partial charge in [0.1, 0.15) is 0 Å². The molecule has 13 heavy (non-hydrogen) atoms. The number of esters is 1. The van der Waals surface area contributed by atoms with Gasteiger partial charge in [0.2, 0.25) is 0 Å². The molecule has 6 heteroatoms. The van der Waals surface area contributed by atoms with Gasteiger partial charge in [-0.1, -0.05) is 6.92 Å². The van der Waals surface area contributed by atoms with Crippen molar-refractivity contribution in [1.82, 2.24) is 0 Å². The zero-order chi connectivity index (χ0) is 11.1. The summed E-state index contributed by atoms with van der Waals surface area (Å²) >= 11 is 7.39. The van der Waals surface area contributed by atoms with Crippen LogP contribution in [0, 0.1) is 5.41 Å². The molecule has 0 spiro atoms. The van der Waals surface area contributed by atoms with E-state index in [2.05, 4.69) is 64.7 Å². The van der Waals surface area contributed by atoms with Gasteiger partial charge in [-0.15, -0.1) is 0 Å². The number of hydrogen-bond acceptors (Lipinski definition) is 2. The summed E-state index contributed by atoms with van der Waals surface area (Å²) in [6.45, 7) is 5.72. The molecule has 0 heterocycles. The molecule has 0 aromatic rings. The maximum absolute atomic E-state index is 10.8. The molecule has 0 unspecified atom stereocenters. The van der Waals surface area contributed by atoms with Crippen LogP contribution in [0.5, 0.6) is 0 Å². The summed E-state index contributed by atoms with van der Waals surface area (Å²) in [5.41, 5.74) is -0.311. The second-order valence-electron chi connectivity index (χ2n) is 2.92. The standard InChI is InChI=1S/C7H14O2.3HI.V/c1-5-7(2,3)6(8)9-4;;;;/h5H2,1-4H3;3*1H;/q;;;;+3/p-3. The van der Waals surface area contributed by atoms with Crippen molar-refractivity contribution >= 4 is 65.9 Å². The van der Waals surface area contributed by atoms with Gasteiger partial charge in [-0.05, 0) is 20.3 Å². The molecule has 0 atom stereocenters. The monoisotopic (exact) mass is 562 g/mol. The first kappa shape index (κ1) is 17.6. The van der Waals surface area contributed by atoms with Crippen molar-refractivity contribution in [3.8, 4) is 0 Å². The van der Waals surface area contributed by atoms with Crippen molar-refractivity contribution in [1.29, 1.82) is 0 Å². The predicted molar refractivity (Wildman–Crippen MR) is 78.1 cm³/mol. The van der Waals surface area contributed by atoms with Gasteiger partial charge in [-0.25, -0.2) is 0 Å². The molecule has 0 aliphatic rings. The Morgan fingerprint density at radius 2 is 1.69 bits per heavy atom. The first-order chi connectivity index (χ1) is 5.77. The molecule has 0 saturated heterocycles. The predicted octanol–water partition coefficient (Wildman–Crippen LogP) is 4.25. The average Bonchev–Trinajstić information content (AvgIpc) is 2.02. The minimum absolute atomic E-state index is 0.134. The van der Waals surface area contributed by atoms with Crippen LogP contribution in [-0.4, -0.2) is 13.1 Å². The fourth-order valence-electron chi connectivity index (χ4n) is 0.421. The topological polar surface area (TPSA) is 26.3 Å².